The Balaban J connectivity index is 1.32. The van der Waals surface area contributed by atoms with Gasteiger partial charge in [0.2, 0.25) is 17.7 Å². The second-order valence-electron chi connectivity index (χ2n) is 13.2. The van der Waals surface area contributed by atoms with Crippen LogP contribution in [0.5, 0.6) is 0 Å². The van der Waals surface area contributed by atoms with Crippen molar-refractivity contribution < 1.29 is 19.2 Å². The average Bonchev–Trinajstić information content (AvgIpc) is 3.76. The molecule has 1 saturated carbocycles. The predicted octanol–water partition coefficient (Wildman–Crippen LogP) is 5.96. The predicted molar refractivity (Wildman–Crippen MR) is 191 cm³/mol. The maximum atomic E-state index is 14.2. The number of nitrogens with two attached hydrogens (primary N) is 1. The normalized spacial score (nSPS) is 18.1. The Morgan fingerprint density at radius 2 is 1.79 bits per heavy atom. The maximum Gasteiger partial charge on any atom is 0.243 e. The minimum Gasteiger partial charge on any atom is -0.349 e. The lowest BCUT2D eigenvalue weighted by Gasteiger charge is -2.30. The van der Waals surface area contributed by atoms with Crippen LogP contribution >= 0.6 is 22.9 Å². The van der Waals surface area contributed by atoms with Gasteiger partial charge in [0.15, 0.2) is 5.78 Å². The highest BCUT2D eigenvalue weighted by molar-refractivity contribution is 7.18. The molecule has 3 aromatic rings. The molecule has 11 heteroatoms. The fourth-order valence-electron chi connectivity index (χ4n) is 7.14. The summed E-state index contributed by atoms with van der Waals surface area (Å²) in [4.78, 5) is 59.2. The largest absolute Gasteiger partial charge is 0.349 e. The van der Waals surface area contributed by atoms with E-state index >= 15 is 0 Å². The van der Waals surface area contributed by atoms with Gasteiger partial charge < -0.3 is 21.7 Å². The monoisotopic (exact) mass is 693 g/mol. The number of hydrogen-bond donors (Lipinski definition) is 4. The van der Waals surface area contributed by atoms with Crippen LogP contribution < -0.4 is 21.7 Å². The number of unbranched alkanes of at least 4 members (excludes halogenated alkanes) is 1. The van der Waals surface area contributed by atoms with Crippen LogP contribution in [-0.4, -0.2) is 47.1 Å². The number of hydrogen-bond acceptors (Lipinski definition) is 7. The van der Waals surface area contributed by atoms with Crippen LogP contribution in [0.25, 0.3) is 10.2 Å². The lowest BCUT2D eigenvalue weighted by atomic mass is 9.85. The molecule has 0 bridgehead atoms. The molecule has 3 amide bonds. The van der Waals surface area contributed by atoms with E-state index in [1.807, 2.05) is 24.3 Å². The van der Waals surface area contributed by atoms with E-state index in [-0.39, 0.29) is 48.8 Å². The molecule has 1 aromatic heterocycles. The van der Waals surface area contributed by atoms with Gasteiger partial charge in [0.25, 0.3) is 0 Å². The zero-order chi connectivity index (χ0) is 34.0. The number of nitrogens with zero attached hydrogens (tertiary/aromatic N) is 1. The number of nitrogens with one attached hydrogen (secondary N) is 3. The van der Waals surface area contributed by atoms with Crippen molar-refractivity contribution in [2.75, 3.05) is 6.54 Å². The number of rotatable bonds is 16. The number of fused-ring (bicyclic) bond motifs is 2. The van der Waals surface area contributed by atoms with E-state index in [0.717, 1.165) is 73.6 Å². The highest BCUT2D eigenvalue weighted by Gasteiger charge is 2.36. The summed E-state index contributed by atoms with van der Waals surface area (Å²) in [6, 6.07) is 11.9. The van der Waals surface area contributed by atoms with Gasteiger partial charge in [-0.1, -0.05) is 62.1 Å². The first-order valence-electron chi connectivity index (χ1n) is 17.5. The summed E-state index contributed by atoms with van der Waals surface area (Å²) in [5.74, 6) is -1.48. The molecular weight excluding hydrogens is 646 g/mol. The molecule has 0 radical (unpaired) electrons. The molecule has 1 fully saturated rings. The van der Waals surface area contributed by atoms with Crippen molar-refractivity contribution in [1.29, 1.82) is 0 Å². The molecule has 48 heavy (non-hydrogen) atoms. The third-order valence-electron chi connectivity index (χ3n) is 9.77. The number of ketones is 1. The first kappa shape index (κ1) is 36.0. The van der Waals surface area contributed by atoms with E-state index in [2.05, 4.69) is 33.1 Å². The van der Waals surface area contributed by atoms with Gasteiger partial charge in [-0.25, -0.2) is 4.98 Å². The van der Waals surface area contributed by atoms with E-state index < -0.39 is 23.9 Å². The van der Waals surface area contributed by atoms with E-state index in [1.54, 1.807) is 13.0 Å². The van der Waals surface area contributed by atoms with Crippen molar-refractivity contribution in [2.45, 2.75) is 109 Å². The summed E-state index contributed by atoms with van der Waals surface area (Å²) in [7, 11) is 0. The lowest BCUT2D eigenvalue weighted by Crippen LogP contribution is -2.54. The summed E-state index contributed by atoms with van der Waals surface area (Å²) in [6.45, 7) is 2.25. The molecular formula is C37H48ClN5O4S. The summed E-state index contributed by atoms with van der Waals surface area (Å²) in [6.07, 6.45) is 8.96. The Morgan fingerprint density at radius 3 is 2.56 bits per heavy atom. The third-order valence-corrected chi connectivity index (χ3v) is 11.0. The SMILES string of the molecule is CCC(=O)N[C@@H](Cc1nc2ccc(Cl)cc2s1)C(=O)N[C@H](C(=O)C[C@@H](CCCCN)C(=O)N[C@H]1CCCc2ccccc21)C1CCCC1. The zero-order valence-corrected chi connectivity index (χ0v) is 29.3. The van der Waals surface area contributed by atoms with Gasteiger partial charge in [-0.05, 0) is 86.7 Å². The van der Waals surface area contributed by atoms with Crippen LogP contribution in [0.2, 0.25) is 5.02 Å². The fraction of sp³-hybridized carbons (Fsp3) is 0.541. The molecule has 0 aliphatic heterocycles. The minimum atomic E-state index is -0.903. The molecule has 2 aliphatic rings. The standard InChI is InChI=1S/C37H48ClN5O4S/c1-2-33(45)40-30(22-34-41-29-18-17-26(38)21-32(29)48-34)37(47)43-35(24-11-3-4-12-24)31(44)20-25(13-7-8-19-39)36(46)42-28-16-9-14-23-10-5-6-15-27(23)28/h5-6,10,15,17-18,21,24-25,28,30,35H,2-4,7-9,11-14,16,19-20,22,39H2,1H3,(H,40,45)(H,42,46)(H,43,47)/t25-,28+,30+,35+/m1/s1. The maximum absolute atomic E-state index is 14.2. The van der Waals surface area contributed by atoms with Crippen molar-refractivity contribution in [3.8, 4) is 0 Å². The van der Waals surface area contributed by atoms with Crippen LogP contribution in [0.4, 0.5) is 0 Å². The first-order chi connectivity index (χ1) is 23.2. The molecule has 2 aromatic carbocycles. The Kier molecular flexibility index (Phi) is 13.0. The third kappa shape index (κ3) is 9.42. The molecule has 5 rings (SSSR count). The molecule has 258 valence electrons. The Labute approximate surface area is 292 Å². The molecule has 2 aliphatic carbocycles. The summed E-state index contributed by atoms with van der Waals surface area (Å²) in [5.41, 5.74) is 8.96. The van der Waals surface area contributed by atoms with Crippen LogP contribution in [0.1, 0.15) is 99.7 Å². The van der Waals surface area contributed by atoms with Crippen LogP contribution in [-0.2, 0) is 32.0 Å². The summed E-state index contributed by atoms with van der Waals surface area (Å²) < 4.78 is 0.896. The Morgan fingerprint density at radius 1 is 1.00 bits per heavy atom. The van der Waals surface area contributed by atoms with E-state index in [9.17, 15) is 19.2 Å². The number of halogens is 1. The van der Waals surface area contributed by atoms with Gasteiger partial charge >= 0.3 is 0 Å². The van der Waals surface area contributed by atoms with Crippen molar-refractivity contribution in [3.63, 3.8) is 0 Å². The summed E-state index contributed by atoms with van der Waals surface area (Å²) >= 11 is 7.60. The van der Waals surface area contributed by atoms with Crippen LogP contribution in [0.3, 0.4) is 0 Å². The number of carbonyl (C=O) groups excluding carboxylic acids is 4. The zero-order valence-electron chi connectivity index (χ0n) is 27.8. The molecule has 4 atom stereocenters. The molecule has 0 unspecified atom stereocenters. The number of Topliss-reactive ketones (excluding diaryl/α,β-unsaturated/α-hetero) is 1. The smallest absolute Gasteiger partial charge is 0.243 e. The highest BCUT2D eigenvalue weighted by Crippen LogP contribution is 2.32. The minimum absolute atomic E-state index is 0.0217. The van der Waals surface area contributed by atoms with Gasteiger partial charge in [0.1, 0.15) is 6.04 Å². The van der Waals surface area contributed by atoms with Gasteiger partial charge in [-0.3, -0.25) is 19.2 Å². The highest BCUT2D eigenvalue weighted by atomic mass is 35.5. The number of thiazole rings is 1. The molecule has 0 saturated heterocycles. The van der Waals surface area contributed by atoms with Crippen molar-refractivity contribution in [2.24, 2.45) is 17.6 Å². The second kappa shape index (κ2) is 17.4. The number of carbonyl (C=O) groups is 4. The van der Waals surface area contributed by atoms with Gasteiger partial charge in [-0.2, -0.15) is 0 Å². The van der Waals surface area contributed by atoms with Crippen LogP contribution in [0.15, 0.2) is 42.5 Å². The topological polar surface area (TPSA) is 143 Å². The number of benzene rings is 2. The molecule has 1 heterocycles. The van der Waals surface area contributed by atoms with Gasteiger partial charge in [0, 0.05) is 30.2 Å². The molecule has 9 nitrogen and oxygen atoms in total. The van der Waals surface area contributed by atoms with E-state index in [0.29, 0.717) is 23.0 Å². The van der Waals surface area contributed by atoms with Crippen molar-refractivity contribution >= 4 is 56.7 Å². The Hall–Kier alpha value is -3.34. The number of amides is 3. The van der Waals surface area contributed by atoms with Crippen molar-refractivity contribution in [3.05, 3.63) is 63.6 Å². The van der Waals surface area contributed by atoms with E-state index in [1.165, 1.54) is 16.9 Å². The number of aromatic nitrogens is 1. The summed E-state index contributed by atoms with van der Waals surface area (Å²) in [5, 5.41) is 10.5. The molecule has 5 N–H and O–H groups in total. The Bertz CT molecular complexity index is 1590. The van der Waals surface area contributed by atoms with Gasteiger partial charge in [-0.15, -0.1) is 11.3 Å². The van der Waals surface area contributed by atoms with E-state index in [4.69, 9.17) is 17.3 Å². The van der Waals surface area contributed by atoms with Gasteiger partial charge in [0.05, 0.1) is 27.3 Å². The second-order valence-corrected chi connectivity index (χ2v) is 14.8. The first-order valence-corrected chi connectivity index (χ1v) is 18.7. The molecule has 0 spiro atoms. The average molecular weight is 694 g/mol. The lowest BCUT2D eigenvalue weighted by molar-refractivity contribution is -0.134. The van der Waals surface area contributed by atoms with Crippen molar-refractivity contribution in [1.82, 2.24) is 20.9 Å². The number of aryl methyl sites for hydroxylation is 1. The van der Waals surface area contributed by atoms with Crippen LogP contribution in [0, 0.1) is 11.8 Å². The fourth-order valence-corrected chi connectivity index (χ4v) is 8.43. The quantitative estimate of drug-likeness (QED) is 0.136.